The van der Waals surface area contributed by atoms with Crippen molar-refractivity contribution < 1.29 is 4.79 Å². The van der Waals surface area contributed by atoms with E-state index in [1.165, 1.54) is 0 Å². The van der Waals surface area contributed by atoms with Crippen molar-refractivity contribution >= 4 is 29.1 Å². The fourth-order valence-electron chi connectivity index (χ4n) is 1.95. The summed E-state index contributed by atoms with van der Waals surface area (Å²) in [7, 11) is 0. The maximum atomic E-state index is 11.3. The Labute approximate surface area is 122 Å². The van der Waals surface area contributed by atoms with Crippen LogP contribution < -0.4 is 5.73 Å². The van der Waals surface area contributed by atoms with Crippen molar-refractivity contribution in [1.82, 2.24) is 0 Å². The average molecular weight is 294 g/mol. The average Bonchev–Trinajstić information content (AvgIpc) is 2.40. The SMILES string of the molecule is NC(=O)c1ccccc1CCc1ccc(Cl)c(Cl)c1. The minimum atomic E-state index is -0.398. The van der Waals surface area contributed by atoms with Gasteiger partial charge in [0.15, 0.2) is 0 Å². The van der Waals surface area contributed by atoms with Gasteiger partial charge in [0.05, 0.1) is 10.0 Å². The second-order valence-electron chi connectivity index (χ2n) is 4.27. The molecule has 1 amide bonds. The molecule has 0 unspecified atom stereocenters. The highest BCUT2D eigenvalue weighted by molar-refractivity contribution is 6.42. The van der Waals surface area contributed by atoms with Crippen molar-refractivity contribution in [3.8, 4) is 0 Å². The molecule has 0 aliphatic carbocycles. The number of nitrogens with two attached hydrogens (primary N) is 1. The summed E-state index contributed by atoms with van der Waals surface area (Å²) in [6.07, 6.45) is 1.51. The number of carbonyl (C=O) groups excluding carboxylic acids is 1. The van der Waals surface area contributed by atoms with Crippen molar-refractivity contribution in [2.24, 2.45) is 5.73 Å². The van der Waals surface area contributed by atoms with Crippen molar-refractivity contribution in [3.63, 3.8) is 0 Å². The Bertz CT molecular complexity index is 611. The third-order valence-electron chi connectivity index (χ3n) is 2.95. The number of amides is 1. The Balaban J connectivity index is 2.14. The number of primary amides is 1. The van der Waals surface area contributed by atoms with Crippen LogP contribution in [0.4, 0.5) is 0 Å². The van der Waals surface area contributed by atoms with E-state index in [1.54, 1.807) is 12.1 Å². The van der Waals surface area contributed by atoms with Crippen LogP contribution in [0.15, 0.2) is 42.5 Å². The van der Waals surface area contributed by atoms with Gasteiger partial charge in [-0.2, -0.15) is 0 Å². The number of carbonyl (C=O) groups is 1. The van der Waals surface area contributed by atoms with Crippen molar-refractivity contribution in [2.75, 3.05) is 0 Å². The van der Waals surface area contributed by atoms with Crippen LogP contribution in [0.1, 0.15) is 21.5 Å². The summed E-state index contributed by atoms with van der Waals surface area (Å²) in [5.41, 5.74) is 7.94. The van der Waals surface area contributed by atoms with E-state index in [0.29, 0.717) is 15.6 Å². The first-order chi connectivity index (χ1) is 9.08. The first-order valence-corrected chi connectivity index (χ1v) is 6.65. The Hall–Kier alpha value is -1.51. The highest BCUT2D eigenvalue weighted by Crippen LogP contribution is 2.23. The van der Waals surface area contributed by atoms with Gasteiger partial charge in [-0.1, -0.05) is 47.5 Å². The molecule has 2 aromatic carbocycles. The molecule has 0 aromatic heterocycles. The van der Waals surface area contributed by atoms with Crippen LogP contribution in [0.25, 0.3) is 0 Å². The van der Waals surface area contributed by atoms with E-state index in [9.17, 15) is 4.79 Å². The van der Waals surface area contributed by atoms with Crippen LogP contribution in [0.2, 0.25) is 10.0 Å². The Morgan fingerprint density at radius 2 is 1.74 bits per heavy atom. The summed E-state index contributed by atoms with van der Waals surface area (Å²) in [5.74, 6) is -0.398. The topological polar surface area (TPSA) is 43.1 Å². The smallest absolute Gasteiger partial charge is 0.248 e. The first-order valence-electron chi connectivity index (χ1n) is 5.89. The van der Waals surface area contributed by atoms with Crippen LogP contribution in [-0.2, 0) is 12.8 Å². The quantitative estimate of drug-likeness (QED) is 0.913. The van der Waals surface area contributed by atoms with Crippen LogP contribution >= 0.6 is 23.2 Å². The van der Waals surface area contributed by atoms with Crippen LogP contribution in [0.5, 0.6) is 0 Å². The Morgan fingerprint density at radius 1 is 1.00 bits per heavy atom. The molecule has 0 aliphatic heterocycles. The van der Waals surface area contributed by atoms with E-state index in [2.05, 4.69) is 0 Å². The monoisotopic (exact) mass is 293 g/mol. The standard InChI is InChI=1S/C15H13Cl2NO/c16-13-8-6-10(9-14(13)17)5-7-11-3-1-2-4-12(11)15(18)19/h1-4,6,8-9H,5,7H2,(H2,18,19). The van der Waals surface area contributed by atoms with Gasteiger partial charge in [0.25, 0.3) is 0 Å². The zero-order valence-corrected chi connectivity index (χ0v) is 11.7. The maximum absolute atomic E-state index is 11.3. The van der Waals surface area contributed by atoms with Crippen molar-refractivity contribution in [3.05, 3.63) is 69.2 Å². The Morgan fingerprint density at radius 3 is 2.42 bits per heavy atom. The summed E-state index contributed by atoms with van der Waals surface area (Å²) in [6.45, 7) is 0. The van der Waals surface area contributed by atoms with Crippen molar-refractivity contribution in [2.45, 2.75) is 12.8 Å². The zero-order chi connectivity index (χ0) is 13.8. The van der Waals surface area contributed by atoms with Gasteiger partial charge in [-0.15, -0.1) is 0 Å². The minimum absolute atomic E-state index is 0.398. The maximum Gasteiger partial charge on any atom is 0.248 e. The van der Waals surface area contributed by atoms with Crippen LogP contribution in [0, 0.1) is 0 Å². The van der Waals surface area contributed by atoms with Gasteiger partial charge < -0.3 is 5.73 Å². The van der Waals surface area contributed by atoms with E-state index < -0.39 is 5.91 Å². The molecule has 0 radical (unpaired) electrons. The van der Waals surface area contributed by atoms with Gasteiger partial charge in [-0.05, 0) is 42.2 Å². The van der Waals surface area contributed by atoms with E-state index in [1.807, 2.05) is 30.3 Å². The summed E-state index contributed by atoms with van der Waals surface area (Å²) in [6, 6.07) is 12.9. The lowest BCUT2D eigenvalue weighted by Gasteiger charge is -2.07. The highest BCUT2D eigenvalue weighted by atomic mass is 35.5. The molecule has 2 rings (SSSR count). The summed E-state index contributed by atoms with van der Waals surface area (Å²) in [5, 5.41) is 1.09. The fourth-order valence-corrected chi connectivity index (χ4v) is 2.27. The molecule has 0 bridgehead atoms. The van der Waals surface area contributed by atoms with Gasteiger partial charge in [0, 0.05) is 5.56 Å². The molecule has 0 fully saturated rings. The molecular formula is C15H13Cl2NO. The molecule has 0 saturated heterocycles. The van der Waals surface area contributed by atoms with E-state index in [0.717, 1.165) is 24.0 Å². The number of halogens is 2. The molecule has 0 atom stereocenters. The van der Waals surface area contributed by atoms with E-state index in [4.69, 9.17) is 28.9 Å². The number of aryl methyl sites for hydroxylation is 2. The lowest BCUT2D eigenvalue weighted by atomic mass is 9.99. The van der Waals surface area contributed by atoms with Gasteiger partial charge in [-0.3, -0.25) is 4.79 Å². The first kappa shape index (κ1) is 13.9. The molecule has 0 spiro atoms. The highest BCUT2D eigenvalue weighted by Gasteiger charge is 2.07. The predicted molar refractivity (Wildman–Crippen MR) is 78.8 cm³/mol. The van der Waals surface area contributed by atoms with Gasteiger partial charge in [0.1, 0.15) is 0 Å². The molecule has 2 N–H and O–H groups in total. The molecular weight excluding hydrogens is 281 g/mol. The molecule has 2 aromatic rings. The van der Waals surface area contributed by atoms with E-state index in [-0.39, 0.29) is 0 Å². The largest absolute Gasteiger partial charge is 0.366 e. The van der Waals surface area contributed by atoms with Crippen LogP contribution in [-0.4, -0.2) is 5.91 Å². The van der Waals surface area contributed by atoms with Crippen molar-refractivity contribution in [1.29, 1.82) is 0 Å². The second-order valence-corrected chi connectivity index (χ2v) is 5.08. The summed E-state index contributed by atoms with van der Waals surface area (Å²) < 4.78 is 0. The Kier molecular flexibility index (Phi) is 4.46. The van der Waals surface area contributed by atoms with Crippen LogP contribution in [0.3, 0.4) is 0 Å². The molecule has 4 heteroatoms. The zero-order valence-electron chi connectivity index (χ0n) is 10.2. The normalized spacial score (nSPS) is 10.4. The van der Waals surface area contributed by atoms with Gasteiger partial charge >= 0.3 is 0 Å². The lowest BCUT2D eigenvalue weighted by molar-refractivity contribution is 0.0999. The molecule has 0 saturated carbocycles. The third kappa shape index (κ3) is 3.49. The molecule has 19 heavy (non-hydrogen) atoms. The molecule has 98 valence electrons. The summed E-state index contributed by atoms with van der Waals surface area (Å²) >= 11 is 11.8. The second kappa shape index (κ2) is 6.09. The molecule has 2 nitrogen and oxygen atoms in total. The minimum Gasteiger partial charge on any atom is -0.366 e. The van der Waals surface area contributed by atoms with E-state index >= 15 is 0 Å². The number of rotatable bonds is 4. The predicted octanol–water partition coefficient (Wildman–Crippen LogP) is 3.88. The fraction of sp³-hybridized carbons (Fsp3) is 0.133. The summed E-state index contributed by atoms with van der Waals surface area (Å²) in [4.78, 5) is 11.3. The molecule has 0 aliphatic rings. The lowest BCUT2D eigenvalue weighted by Crippen LogP contribution is -2.13. The van der Waals surface area contributed by atoms with Gasteiger partial charge in [0.2, 0.25) is 5.91 Å². The van der Waals surface area contributed by atoms with Gasteiger partial charge in [-0.25, -0.2) is 0 Å². The number of benzene rings is 2. The molecule has 0 heterocycles. The number of hydrogen-bond acceptors (Lipinski definition) is 1. The third-order valence-corrected chi connectivity index (χ3v) is 3.69. The number of hydrogen-bond donors (Lipinski definition) is 1.